The van der Waals surface area contributed by atoms with Crippen molar-refractivity contribution in [1.82, 2.24) is 15.5 Å². The van der Waals surface area contributed by atoms with Crippen LogP contribution in [-0.4, -0.2) is 83.8 Å². The molecule has 0 aromatic carbocycles. The first-order valence-electron chi connectivity index (χ1n) is 8.04. The van der Waals surface area contributed by atoms with Crippen LogP contribution in [0.15, 0.2) is 4.99 Å². The number of sulfone groups is 1. The predicted molar refractivity (Wildman–Crippen MR) is 88.0 cm³/mol. The van der Waals surface area contributed by atoms with E-state index in [1.807, 2.05) is 0 Å². The van der Waals surface area contributed by atoms with E-state index >= 15 is 0 Å². The van der Waals surface area contributed by atoms with Crippen LogP contribution >= 0.6 is 0 Å². The van der Waals surface area contributed by atoms with Crippen LogP contribution < -0.4 is 10.6 Å². The summed E-state index contributed by atoms with van der Waals surface area (Å²) in [6.07, 6.45) is 1.74. The summed E-state index contributed by atoms with van der Waals surface area (Å²) in [5, 5.41) is 6.53. The van der Waals surface area contributed by atoms with Gasteiger partial charge < -0.3 is 15.4 Å². The molecule has 0 spiro atoms. The SMILES string of the molecule is CN=C(NCCN1CCOCC1)NCC1CCCS(=O)(=O)C1. The second kappa shape index (κ2) is 8.69. The second-order valence-electron chi connectivity index (χ2n) is 5.96. The first kappa shape index (κ1) is 17.5. The normalized spacial score (nSPS) is 26.6. The Bertz CT molecular complexity index is 461. The number of guanidine groups is 1. The fraction of sp³-hybridized carbons (Fsp3) is 0.929. The van der Waals surface area contributed by atoms with Crippen molar-refractivity contribution in [3.63, 3.8) is 0 Å². The van der Waals surface area contributed by atoms with Crippen molar-refractivity contribution < 1.29 is 13.2 Å². The van der Waals surface area contributed by atoms with Crippen molar-refractivity contribution in [2.75, 3.05) is 64.5 Å². The summed E-state index contributed by atoms with van der Waals surface area (Å²) < 4.78 is 28.6. The summed E-state index contributed by atoms with van der Waals surface area (Å²) in [4.78, 5) is 6.55. The summed E-state index contributed by atoms with van der Waals surface area (Å²) in [5.41, 5.74) is 0. The van der Waals surface area contributed by atoms with Crippen molar-refractivity contribution >= 4 is 15.8 Å². The lowest BCUT2D eigenvalue weighted by atomic mass is 10.1. The molecule has 8 heteroatoms. The number of hydrogen-bond acceptors (Lipinski definition) is 5. The minimum atomic E-state index is -2.84. The molecule has 2 saturated heterocycles. The van der Waals surface area contributed by atoms with Crippen LogP contribution in [0, 0.1) is 5.92 Å². The number of morpholine rings is 1. The van der Waals surface area contributed by atoms with E-state index in [-0.39, 0.29) is 5.92 Å². The number of aliphatic imine (C=N–C) groups is 1. The van der Waals surface area contributed by atoms with E-state index in [2.05, 4.69) is 20.5 Å². The first-order chi connectivity index (χ1) is 10.6. The maximum atomic E-state index is 11.6. The smallest absolute Gasteiger partial charge is 0.191 e. The van der Waals surface area contributed by atoms with Gasteiger partial charge in [-0.2, -0.15) is 0 Å². The molecule has 0 bridgehead atoms. The largest absolute Gasteiger partial charge is 0.379 e. The third-order valence-electron chi connectivity index (χ3n) is 4.16. The Morgan fingerprint density at radius 2 is 2.09 bits per heavy atom. The predicted octanol–water partition coefficient (Wildman–Crippen LogP) is -0.692. The highest BCUT2D eigenvalue weighted by atomic mass is 32.2. The minimum Gasteiger partial charge on any atom is -0.379 e. The van der Waals surface area contributed by atoms with Crippen molar-refractivity contribution in [3.8, 4) is 0 Å². The monoisotopic (exact) mass is 332 g/mol. The average Bonchev–Trinajstić information content (AvgIpc) is 2.51. The summed E-state index contributed by atoms with van der Waals surface area (Å²) in [7, 11) is -1.10. The van der Waals surface area contributed by atoms with E-state index in [0.717, 1.165) is 58.2 Å². The second-order valence-corrected chi connectivity index (χ2v) is 8.19. The van der Waals surface area contributed by atoms with E-state index in [1.165, 1.54) is 0 Å². The molecule has 1 unspecified atom stereocenters. The maximum absolute atomic E-state index is 11.6. The molecule has 2 fully saturated rings. The first-order valence-corrected chi connectivity index (χ1v) is 9.86. The third kappa shape index (κ3) is 6.10. The average molecular weight is 332 g/mol. The van der Waals surface area contributed by atoms with Crippen LogP contribution in [-0.2, 0) is 14.6 Å². The third-order valence-corrected chi connectivity index (χ3v) is 6.05. The van der Waals surface area contributed by atoms with E-state index < -0.39 is 9.84 Å². The molecule has 7 nitrogen and oxygen atoms in total. The number of nitrogens with zero attached hydrogens (tertiary/aromatic N) is 2. The van der Waals surface area contributed by atoms with Crippen LogP contribution in [0.1, 0.15) is 12.8 Å². The van der Waals surface area contributed by atoms with Crippen molar-refractivity contribution in [1.29, 1.82) is 0 Å². The van der Waals surface area contributed by atoms with Crippen LogP contribution in [0.4, 0.5) is 0 Å². The van der Waals surface area contributed by atoms with Crippen LogP contribution in [0.3, 0.4) is 0 Å². The van der Waals surface area contributed by atoms with Gasteiger partial charge in [-0.25, -0.2) is 8.42 Å². The highest BCUT2D eigenvalue weighted by molar-refractivity contribution is 7.91. The molecular weight excluding hydrogens is 304 g/mol. The minimum absolute atomic E-state index is 0.191. The van der Waals surface area contributed by atoms with Crippen molar-refractivity contribution in [2.24, 2.45) is 10.9 Å². The lowest BCUT2D eigenvalue weighted by molar-refractivity contribution is 0.0389. The molecule has 2 aliphatic heterocycles. The molecule has 22 heavy (non-hydrogen) atoms. The Kier molecular flexibility index (Phi) is 6.91. The zero-order valence-corrected chi connectivity index (χ0v) is 14.2. The summed E-state index contributed by atoms with van der Waals surface area (Å²) in [5.74, 6) is 1.58. The molecule has 0 saturated carbocycles. The molecule has 2 aliphatic rings. The highest BCUT2D eigenvalue weighted by Gasteiger charge is 2.24. The maximum Gasteiger partial charge on any atom is 0.191 e. The Morgan fingerprint density at radius 3 is 2.77 bits per heavy atom. The van der Waals surface area contributed by atoms with E-state index in [9.17, 15) is 8.42 Å². The van der Waals surface area contributed by atoms with Gasteiger partial charge >= 0.3 is 0 Å². The van der Waals surface area contributed by atoms with Gasteiger partial charge in [-0.05, 0) is 18.8 Å². The summed E-state index contributed by atoms with van der Waals surface area (Å²) in [6.45, 7) is 6.02. The molecule has 1 atom stereocenters. The van der Waals surface area contributed by atoms with E-state index in [0.29, 0.717) is 18.1 Å². The molecule has 0 amide bonds. The lowest BCUT2D eigenvalue weighted by Gasteiger charge is -2.27. The van der Waals surface area contributed by atoms with Crippen LogP contribution in [0.5, 0.6) is 0 Å². The summed E-state index contributed by atoms with van der Waals surface area (Å²) >= 11 is 0. The summed E-state index contributed by atoms with van der Waals surface area (Å²) in [6, 6.07) is 0. The van der Waals surface area contributed by atoms with Crippen molar-refractivity contribution in [2.45, 2.75) is 12.8 Å². The van der Waals surface area contributed by atoms with Gasteiger partial charge in [0.2, 0.25) is 0 Å². The zero-order chi connectivity index (χ0) is 15.8. The Hall–Kier alpha value is -0.860. The van der Waals surface area contributed by atoms with Gasteiger partial charge in [-0.1, -0.05) is 0 Å². The molecule has 0 aliphatic carbocycles. The lowest BCUT2D eigenvalue weighted by Crippen LogP contribution is -2.46. The van der Waals surface area contributed by atoms with Gasteiger partial charge in [0.1, 0.15) is 0 Å². The topological polar surface area (TPSA) is 83.0 Å². The molecule has 0 radical (unpaired) electrons. The van der Waals surface area contributed by atoms with Gasteiger partial charge in [0.25, 0.3) is 0 Å². The highest BCUT2D eigenvalue weighted by Crippen LogP contribution is 2.17. The van der Waals surface area contributed by atoms with Gasteiger partial charge in [0.15, 0.2) is 15.8 Å². The molecule has 0 aromatic heterocycles. The molecular formula is C14H28N4O3S. The van der Waals surface area contributed by atoms with Crippen molar-refractivity contribution in [3.05, 3.63) is 0 Å². The Morgan fingerprint density at radius 1 is 1.32 bits per heavy atom. The van der Waals surface area contributed by atoms with Crippen LogP contribution in [0.25, 0.3) is 0 Å². The molecule has 2 N–H and O–H groups in total. The number of rotatable bonds is 5. The Labute approximate surface area is 133 Å². The van der Waals surface area contributed by atoms with Gasteiger partial charge in [-0.3, -0.25) is 9.89 Å². The quantitative estimate of drug-likeness (QED) is 0.512. The molecule has 2 rings (SSSR count). The van der Waals surface area contributed by atoms with Gasteiger partial charge in [0, 0.05) is 39.8 Å². The molecule has 0 aromatic rings. The van der Waals surface area contributed by atoms with Gasteiger partial charge in [-0.15, -0.1) is 0 Å². The fourth-order valence-corrected chi connectivity index (χ4v) is 4.67. The molecule has 128 valence electrons. The fourth-order valence-electron chi connectivity index (χ4n) is 2.90. The number of ether oxygens (including phenoxy) is 1. The molecule has 2 heterocycles. The Balaban J connectivity index is 1.64. The standard InChI is InChI=1S/C14H28N4O3S/c1-15-14(16-4-5-18-6-8-21-9-7-18)17-11-13-3-2-10-22(19,20)12-13/h13H,2-12H2,1H3,(H2,15,16,17). The van der Waals surface area contributed by atoms with Crippen LogP contribution in [0.2, 0.25) is 0 Å². The van der Waals surface area contributed by atoms with E-state index in [1.54, 1.807) is 7.05 Å². The van der Waals surface area contributed by atoms with E-state index in [4.69, 9.17) is 4.74 Å². The zero-order valence-electron chi connectivity index (χ0n) is 13.4. The number of nitrogens with one attached hydrogen (secondary N) is 2. The van der Waals surface area contributed by atoms with Gasteiger partial charge in [0.05, 0.1) is 24.7 Å². The number of hydrogen-bond donors (Lipinski definition) is 2.